The van der Waals surface area contributed by atoms with E-state index in [-0.39, 0.29) is 42.0 Å². The summed E-state index contributed by atoms with van der Waals surface area (Å²) >= 11 is 0. The number of carbonyl (C=O) groups excluding carboxylic acids is 5. The Morgan fingerprint density at radius 3 is 2.40 bits per heavy atom. The lowest BCUT2D eigenvalue weighted by atomic mass is 10.1. The molecule has 2 unspecified atom stereocenters. The van der Waals surface area contributed by atoms with Crippen molar-refractivity contribution < 1.29 is 37.7 Å². The third kappa shape index (κ3) is 7.99. The van der Waals surface area contributed by atoms with E-state index in [1.54, 1.807) is 30.3 Å². The van der Waals surface area contributed by atoms with E-state index in [0.29, 0.717) is 56.0 Å². The molecule has 2 atom stereocenters. The van der Waals surface area contributed by atoms with Crippen LogP contribution >= 0.6 is 0 Å². The van der Waals surface area contributed by atoms with Gasteiger partial charge < -0.3 is 29.8 Å². The summed E-state index contributed by atoms with van der Waals surface area (Å²) < 4.78 is 26.8. The van der Waals surface area contributed by atoms with Crippen molar-refractivity contribution in [2.75, 3.05) is 38.1 Å². The molecule has 13 nitrogen and oxygen atoms in total. The van der Waals surface area contributed by atoms with Crippen molar-refractivity contribution in [3.05, 3.63) is 53.6 Å². The van der Waals surface area contributed by atoms with Gasteiger partial charge in [0.15, 0.2) is 0 Å². The zero-order chi connectivity index (χ0) is 33.9. The number of ether oxygens (including phenoxy) is 2. The summed E-state index contributed by atoms with van der Waals surface area (Å²) in [5.41, 5.74) is 0.637. The number of alkyl carbamates (subject to hydrolysis) is 1. The first-order valence-corrected chi connectivity index (χ1v) is 16.8. The largest absolute Gasteiger partial charge is 0.487 e. The SMILES string of the molecule is CNC(=O)CCC(C=O)N1C(=O)c2ccc(N3CC(Oc4cccc(S(=O)N5CCC(NC(=O)OC(C)(C)C)CC5)c4)C3)cc2C1=O. The molecule has 2 saturated heterocycles. The smallest absolute Gasteiger partial charge is 0.407 e. The van der Waals surface area contributed by atoms with Crippen LogP contribution < -0.4 is 20.3 Å². The summed E-state index contributed by atoms with van der Waals surface area (Å²) in [4.78, 5) is 65.2. The van der Waals surface area contributed by atoms with Crippen LogP contribution in [0.15, 0.2) is 47.4 Å². The summed E-state index contributed by atoms with van der Waals surface area (Å²) in [5, 5.41) is 5.37. The lowest BCUT2D eigenvalue weighted by molar-refractivity contribution is -0.121. The first-order valence-electron chi connectivity index (χ1n) is 15.7. The molecule has 2 aromatic rings. The van der Waals surface area contributed by atoms with Crippen molar-refractivity contribution in [3.8, 4) is 5.75 Å². The Kier molecular flexibility index (Phi) is 10.3. The van der Waals surface area contributed by atoms with Gasteiger partial charge in [0.2, 0.25) is 5.91 Å². The maximum absolute atomic E-state index is 13.4. The van der Waals surface area contributed by atoms with E-state index in [2.05, 4.69) is 10.6 Å². The van der Waals surface area contributed by atoms with E-state index in [1.807, 2.05) is 42.1 Å². The average molecular weight is 668 g/mol. The number of fused-ring (bicyclic) bond motifs is 1. The Bertz CT molecular complexity index is 1560. The van der Waals surface area contributed by atoms with Crippen LogP contribution in [0.4, 0.5) is 10.5 Å². The lowest BCUT2D eigenvalue weighted by Gasteiger charge is -2.40. The van der Waals surface area contributed by atoms with E-state index >= 15 is 0 Å². The number of carbonyl (C=O) groups is 5. The van der Waals surface area contributed by atoms with Crippen LogP contribution in [0.5, 0.6) is 5.75 Å². The van der Waals surface area contributed by atoms with Gasteiger partial charge >= 0.3 is 6.09 Å². The van der Waals surface area contributed by atoms with E-state index in [9.17, 15) is 28.2 Å². The van der Waals surface area contributed by atoms with Crippen LogP contribution in [0.2, 0.25) is 0 Å². The van der Waals surface area contributed by atoms with Gasteiger partial charge in [0.25, 0.3) is 11.8 Å². The van der Waals surface area contributed by atoms with E-state index in [4.69, 9.17) is 9.47 Å². The fourth-order valence-electron chi connectivity index (χ4n) is 5.77. The molecule has 3 heterocycles. The highest BCUT2D eigenvalue weighted by atomic mass is 32.2. The minimum Gasteiger partial charge on any atom is -0.487 e. The van der Waals surface area contributed by atoms with Gasteiger partial charge in [0, 0.05) is 38.3 Å². The molecule has 3 aliphatic rings. The molecule has 14 heteroatoms. The molecule has 0 aliphatic carbocycles. The highest BCUT2D eigenvalue weighted by molar-refractivity contribution is 7.82. The molecule has 3 aliphatic heterocycles. The van der Waals surface area contributed by atoms with E-state index < -0.39 is 40.5 Å². The summed E-state index contributed by atoms with van der Waals surface area (Å²) in [6, 6.07) is 11.2. The van der Waals surface area contributed by atoms with Crippen LogP contribution in [-0.2, 0) is 25.3 Å². The van der Waals surface area contributed by atoms with E-state index in [1.165, 1.54) is 7.05 Å². The molecule has 0 bridgehead atoms. The van der Waals surface area contributed by atoms with Crippen molar-refractivity contribution in [3.63, 3.8) is 0 Å². The maximum Gasteiger partial charge on any atom is 0.407 e. The topological polar surface area (TPSA) is 155 Å². The fraction of sp³-hybridized carbons (Fsp3) is 0.485. The van der Waals surface area contributed by atoms with Crippen molar-refractivity contribution in [2.24, 2.45) is 0 Å². The van der Waals surface area contributed by atoms with Crippen molar-refractivity contribution in [2.45, 2.75) is 75.1 Å². The molecule has 2 fully saturated rings. The van der Waals surface area contributed by atoms with Gasteiger partial charge in [0.1, 0.15) is 34.7 Å². The third-order valence-electron chi connectivity index (χ3n) is 8.27. The second kappa shape index (κ2) is 14.2. The van der Waals surface area contributed by atoms with Gasteiger partial charge in [-0.3, -0.25) is 19.3 Å². The predicted molar refractivity (Wildman–Crippen MR) is 174 cm³/mol. The number of nitrogens with zero attached hydrogens (tertiary/aromatic N) is 3. The molecule has 5 rings (SSSR count). The zero-order valence-corrected chi connectivity index (χ0v) is 27.8. The Morgan fingerprint density at radius 1 is 1.04 bits per heavy atom. The number of imide groups is 1. The quantitative estimate of drug-likeness (QED) is 0.272. The standard InChI is InChI=1S/C33H41N5O8S/c1-33(2,3)46-32(43)35-21-12-14-37(15-13-21)47(44)26-7-5-6-24(17-26)45-25-18-36(19-25)22-8-10-27-28(16-22)31(42)38(30(27)41)23(20-39)9-11-29(40)34-4/h5-8,10,16-17,20-21,23,25H,9,11-15,18-19H2,1-4H3,(H,34,40)(H,35,43). The van der Waals surface area contributed by atoms with Gasteiger partial charge in [-0.25, -0.2) is 13.3 Å². The van der Waals surface area contributed by atoms with Gasteiger partial charge in [-0.05, 0) is 76.4 Å². The number of anilines is 1. The van der Waals surface area contributed by atoms with Gasteiger partial charge in [-0.1, -0.05) is 6.07 Å². The number of aldehydes is 1. The van der Waals surface area contributed by atoms with Gasteiger partial charge in [-0.2, -0.15) is 0 Å². The molecule has 0 aromatic heterocycles. The number of rotatable bonds is 11. The summed E-state index contributed by atoms with van der Waals surface area (Å²) in [5.74, 6) is -0.780. The molecular weight excluding hydrogens is 626 g/mol. The minimum absolute atomic E-state index is 0.0142. The normalized spacial score (nSPS) is 18.6. The Morgan fingerprint density at radius 2 is 1.74 bits per heavy atom. The number of hydrogen-bond donors (Lipinski definition) is 2. The van der Waals surface area contributed by atoms with Crippen molar-refractivity contribution >= 4 is 46.8 Å². The van der Waals surface area contributed by atoms with Crippen molar-refractivity contribution in [1.29, 1.82) is 0 Å². The first kappa shape index (κ1) is 34.0. The van der Waals surface area contributed by atoms with Crippen LogP contribution in [0.1, 0.15) is 67.2 Å². The second-order valence-electron chi connectivity index (χ2n) is 12.8. The maximum atomic E-state index is 13.4. The Labute approximate surface area is 276 Å². The first-order chi connectivity index (χ1) is 22.4. The molecule has 2 N–H and O–H groups in total. The summed E-state index contributed by atoms with van der Waals surface area (Å²) in [6.45, 7) is 7.67. The highest BCUT2D eigenvalue weighted by Crippen LogP contribution is 2.32. The monoisotopic (exact) mass is 667 g/mol. The molecule has 252 valence electrons. The lowest BCUT2D eigenvalue weighted by Crippen LogP contribution is -2.54. The number of hydrogen-bond acceptors (Lipinski definition) is 9. The summed E-state index contributed by atoms with van der Waals surface area (Å²) in [6.07, 6.45) is 1.33. The average Bonchev–Trinajstić information content (AvgIpc) is 3.26. The second-order valence-corrected chi connectivity index (χ2v) is 14.3. The van der Waals surface area contributed by atoms with Crippen molar-refractivity contribution in [1.82, 2.24) is 19.8 Å². The highest BCUT2D eigenvalue weighted by Gasteiger charge is 2.41. The molecule has 4 amide bonds. The van der Waals surface area contributed by atoms with Crippen LogP contribution in [-0.4, -0.2) is 101 Å². The molecule has 0 saturated carbocycles. The van der Waals surface area contributed by atoms with Crippen LogP contribution in [0, 0.1) is 0 Å². The number of nitrogens with one attached hydrogen (secondary N) is 2. The number of amides is 4. The Balaban J connectivity index is 1.13. The Hall–Kier alpha value is -4.30. The molecular formula is C33H41N5O8S. The minimum atomic E-state index is -1.38. The molecule has 0 spiro atoms. The number of piperidine rings is 1. The summed E-state index contributed by atoms with van der Waals surface area (Å²) in [7, 11) is 0.0970. The number of benzene rings is 2. The zero-order valence-electron chi connectivity index (χ0n) is 27.0. The third-order valence-corrected chi connectivity index (χ3v) is 9.76. The van der Waals surface area contributed by atoms with Gasteiger partial charge in [0.05, 0.1) is 35.2 Å². The van der Waals surface area contributed by atoms with Crippen LogP contribution in [0.3, 0.4) is 0 Å². The molecule has 2 aromatic carbocycles. The van der Waals surface area contributed by atoms with Crippen LogP contribution in [0.25, 0.3) is 0 Å². The molecule has 47 heavy (non-hydrogen) atoms. The van der Waals surface area contributed by atoms with E-state index in [0.717, 1.165) is 10.6 Å². The van der Waals surface area contributed by atoms with Gasteiger partial charge in [-0.15, -0.1) is 0 Å². The molecule has 0 radical (unpaired) electrons. The predicted octanol–water partition coefficient (Wildman–Crippen LogP) is 2.66. The fourth-order valence-corrected chi connectivity index (χ4v) is 7.02.